The lowest BCUT2D eigenvalue weighted by molar-refractivity contribution is -0.155. The molecular formula is C57H67ClFN7O15. The molecule has 9 N–H and O–H groups in total. The SMILES string of the molecule is CO[C@H]1C=CO[C@@]2(C)Oc3c(C)c(O)c4c(c3C2=O)C(=O)C(N2CCC(N3CCN(c5c(F)cc6c(=O)c(C(=O)O)cn(C7CC7)c6c5Cl)CC3)CC2)=C(NC(=O)/C(C)=C\C=C\[C@H](C)[C@H](O)[C@@H](N)[C@@H](O)[C@@H](N)[C@H](OC(C)=O)[C@@H]1C)C4=O. The molecule has 81 heavy (non-hydrogen) atoms. The highest BCUT2D eigenvalue weighted by Gasteiger charge is 2.53. The van der Waals surface area contributed by atoms with Gasteiger partial charge in [-0.3, -0.25) is 33.7 Å². The van der Waals surface area contributed by atoms with E-state index in [1.165, 1.54) is 58.4 Å². The number of aromatic carboxylic acids is 1. The van der Waals surface area contributed by atoms with E-state index in [0.29, 0.717) is 39.0 Å². The van der Waals surface area contributed by atoms with Crippen molar-refractivity contribution >= 4 is 63.4 Å². The lowest BCUT2D eigenvalue weighted by atomic mass is 9.82. The van der Waals surface area contributed by atoms with E-state index in [0.717, 1.165) is 32.1 Å². The van der Waals surface area contributed by atoms with Crippen molar-refractivity contribution in [3.05, 3.63) is 109 Å². The number of phenols is 1. The first-order valence-corrected chi connectivity index (χ1v) is 27.3. The van der Waals surface area contributed by atoms with Crippen LogP contribution >= 0.6 is 11.6 Å². The number of piperidine rings is 1. The van der Waals surface area contributed by atoms with Crippen LogP contribution in [0.3, 0.4) is 0 Å². The lowest BCUT2D eigenvalue weighted by Gasteiger charge is -2.44. The van der Waals surface area contributed by atoms with Gasteiger partial charge in [-0.05, 0) is 51.7 Å². The van der Waals surface area contributed by atoms with Gasteiger partial charge in [-0.15, -0.1) is 0 Å². The number of carboxylic acids is 1. The molecule has 1 aromatic heterocycles. The molecule has 9 atom stereocenters. The predicted octanol–water partition coefficient (Wildman–Crippen LogP) is 3.77. The monoisotopic (exact) mass is 1140 g/mol. The number of hydrogen-bond donors (Lipinski definition) is 7. The van der Waals surface area contributed by atoms with Gasteiger partial charge in [-0.1, -0.05) is 43.7 Å². The largest absolute Gasteiger partial charge is 0.507 e. The number of nitrogens with one attached hydrogen (secondary N) is 1. The highest BCUT2D eigenvalue weighted by molar-refractivity contribution is 6.38. The molecule has 24 heteroatoms. The molecule has 5 bridgehead atoms. The van der Waals surface area contributed by atoms with Crippen molar-refractivity contribution in [2.45, 2.75) is 122 Å². The highest BCUT2D eigenvalue weighted by Crippen LogP contribution is 2.49. The van der Waals surface area contributed by atoms with E-state index < -0.39 is 129 Å². The fourth-order valence-electron chi connectivity index (χ4n) is 11.7. The van der Waals surface area contributed by atoms with Gasteiger partial charge < -0.3 is 70.5 Å². The number of phenolic OH excluding ortho intramolecular Hbond substituents is 1. The summed E-state index contributed by atoms with van der Waals surface area (Å²) in [5.41, 5.74) is 10.0. The number of Topliss-reactive ketones (excluding diaryl/α,β-unsaturated/α-hetero) is 3. The van der Waals surface area contributed by atoms with Gasteiger partial charge in [0.15, 0.2) is 0 Å². The molecule has 1 amide bonds. The minimum Gasteiger partial charge on any atom is -0.507 e. The van der Waals surface area contributed by atoms with Crippen molar-refractivity contribution < 1.29 is 72.5 Å². The number of nitrogens with zero attached hydrogens (tertiary/aromatic N) is 4. The number of allylic oxidation sites excluding steroid dienone is 4. The third-order valence-corrected chi connectivity index (χ3v) is 17.0. The number of carboxylic acid groups (broad SMARTS) is 1. The maximum atomic E-state index is 16.1. The standard InChI is InChI=1S/C57H67ClFN7O15/c1-25-9-8-10-26(2)55(75)62-42-45(64-16-13-30(14-17-64)63-18-20-65(21-19-63)44-34(59)23-32-43(39(44)58)66(31-11-12-31)24-33(48(32)70)56(76)77)50(72)36-37(49(42)71)47(69)28(4)52-38(36)54(74)57(6,81-52)79-22-15-35(78-7)27(3)53(80-29(5)67)41(61)51(73)40(60)46(25)68/h8-10,15,22-25,27,30-31,35,40-41,46,51,53,68-69,73H,11-14,16-21,60-61H2,1-7H3,(H,62,75)(H,76,77)/b9-8+,22-15?,26-10-/t25-,27+,35-,40+,41+,46-,51+,53+,57-/m0/s1. The molecule has 2 saturated heterocycles. The van der Waals surface area contributed by atoms with Crippen LogP contribution in [0, 0.1) is 24.6 Å². The molecule has 5 aliphatic heterocycles. The van der Waals surface area contributed by atoms with Crippen LogP contribution in [0.4, 0.5) is 10.1 Å². The third kappa shape index (κ3) is 10.6. The number of aromatic hydroxyl groups is 1. The zero-order valence-electron chi connectivity index (χ0n) is 45.9. The first kappa shape index (κ1) is 58.7. The summed E-state index contributed by atoms with van der Waals surface area (Å²) in [5.74, 6) is -11.1. The number of piperazine rings is 1. The maximum absolute atomic E-state index is 16.1. The van der Waals surface area contributed by atoms with Crippen molar-refractivity contribution in [1.82, 2.24) is 19.7 Å². The number of aromatic nitrogens is 1. The normalized spacial score (nSPS) is 29.3. The van der Waals surface area contributed by atoms with Crippen molar-refractivity contribution in [2.75, 3.05) is 51.3 Å². The van der Waals surface area contributed by atoms with Gasteiger partial charge >= 0.3 is 17.7 Å². The van der Waals surface area contributed by atoms with E-state index in [4.69, 9.17) is 42.0 Å². The van der Waals surface area contributed by atoms with Gasteiger partial charge in [0.05, 0.1) is 75.0 Å². The Hall–Kier alpha value is -6.99. The highest BCUT2D eigenvalue weighted by atomic mass is 35.5. The minimum atomic E-state index is -2.20. The number of aliphatic hydroxyl groups excluding tert-OH is 2. The number of pyridine rings is 1. The van der Waals surface area contributed by atoms with E-state index in [1.807, 2.05) is 0 Å². The number of carbonyl (C=O) groups excluding carboxylic acids is 5. The van der Waals surface area contributed by atoms with Crippen LogP contribution in [0.2, 0.25) is 5.02 Å². The van der Waals surface area contributed by atoms with Crippen LogP contribution in [0.5, 0.6) is 11.5 Å². The summed E-state index contributed by atoms with van der Waals surface area (Å²) in [5, 5.41) is 46.8. The number of ether oxygens (including phenoxy) is 4. The summed E-state index contributed by atoms with van der Waals surface area (Å²) in [6.07, 6.45) is 5.26. The van der Waals surface area contributed by atoms with Gasteiger partial charge in [-0.25, -0.2) is 9.18 Å². The van der Waals surface area contributed by atoms with Crippen molar-refractivity contribution in [1.29, 1.82) is 0 Å². The third-order valence-electron chi connectivity index (χ3n) is 16.6. The molecule has 7 aliphatic rings. The number of carbonyl (C=O) groups is 6. The Labute approximate surface area is 470 Å². The second-order valence-corrected chi connectivity index (χ2v) is 22.3. The average Bonchev–Trinajstić information content (AvgIpc) is 4.38. The molecule has 434 valence electrons. The van der Waals surface area contributed by atoms with Crippen LogP contribution in [-0.2, 0) is 23.8 Å². The van der Waals surface area contributed by atoms with Gasteiger partial charge in [0.2, 0.25) is 17.0 Å². The van der Waals surface area contributed by atoms with Crippen LogP contribution < -0.4 is 31.8 Å². The molecule has 3 aromatic rings. The van der Waals surface area contributed by atoms with E-state index in [9.17, 15) is 44.4 Å². The Bertz CT molecular complexity index is 3320. The second-order valence-electron chi connectivity index (χ2n) is 21.9. The molecule has 0 unspecified atom stereocenters. The van der Waals surface area contributed by atoms with Gasteiger partial charge in [0.1, 0.15) is 40.4 Å². The van der Waals surface area contributed by atoms with E-state index in [-0.39, 0.29) is 74.9 Å². The van der Waals surface area contributed by atoms with E-state index in [1.54, 1.807) is 28.2 Å². The quantitative estimate of drug-likeness (QED) is 0.166. The number of halogens is 2. The summed E-state index contributed by atoms with van der Waals surface area (Å²) >= 11 is 6.96. The van der Waals surface area contributed by atoms with Gasteiger partial charge in [-0.2, -0.15) is 0 Å². The van der Waals surface area contributed by atoms with Crippen molar-refractivity contribution in [3.63, 3.8) is 0 Å². The molecule has 0 radical (unpaired) electrons. The number of esters is 1. The molecule has 2 aromatic carbocycles. The Balaban J connectivity index is 1.02. The second kappa shape index (κ2) is 22.7. The first-order chi connectivity index (χ1) is 38.3. The summed E-state index contributed by atoms with van der Waals surface area (Å²) in [4.78, 5) is 103. The fraction of sp³-hybridized carbons (Fsp3) is 0.491. The van der Waals surface area contributed by atoms with Crippen LogP contribution in [0.1, 0.15) is 113 Å². The van der Waals surface area contributed by atoms with E-state index in [2.05, 4.69) is 10.2 Å². The topological polar surface area (TPSA) is 316 Å². The number of aliphatic hydroxyl groups is 2. The van der Waals surface area contributed by atoms with Crippen LogP contribution in [0.15, 0.2) is 64.6 Å². The molecule has 0 spiro atoms. The zero-order valence-corrected chi connectivity index (χ0v) is 46.6. The Morgan fingerprint density at radius 1 is 0.889 bits per heavy atom. The summed E-state index contributed by atoms with van der Waals surface area (Å²) in [6.45, 7) is 10.5. The Morgan fingerprint density at radius 2 is 1.56 bits per heavy atom. The molecule has 6 heterocycles. The molecule has 2 aliphatic carbocycles. The fourth-order valence-corrected chi connectivity index (χ4v) is 12.2. The number of ketones is 3. The number of methoxy groups -OCH3 is 1. The predicted molar refractivity (Wildman–Crippen MR) is 293 cm³/mol. The lowest BCUT2D eigenvalue weighted by Crippen LogP contribution is -2.60. The maximum Gasteiger partial charge on any atom is 0.341 e. The number of anilines is 1. The zero-order chi connectivity index (χ0) is 58.8. The van der Waals surface area contributed by atoms with E-state index >= 15 is 14.0 Å². The number of nitrogens with two attached hydrogens (primary N) is 2. The molecule has 3 fully saturated rings. The van der Waals surface area contributed by atoms with Gasteiger partial charge in [0, 0.05) is 101 Å². The van der Waals surface area contributed by atoms with Crippen LogP contribution in [0.25, 0.3) is 10.9 Å². The van der Waals surface area contributed by atoms with Gasteiger partial charge in [0.25, 0.3) is 11.7 Å². The summed E-state index contributed by atoms with van der Waals surface area (Å²) in [7, 11) is 1.35. The van der Waals surface area contributed by atoms with Crippen molar-refractivity contribution in [2.24, 2.45) is 23.3 Å². The first-order valence-electron chi connectivity index (χ1n) is 26.9. The van der Waals surface area contributed by atoms with Crippen molar-refractivity contribution in [3.8, 4) is 11.5 Å². The number of hydrogen-bond acceptors (Lipinski definition) is 19. The Morgan fingerprint density at radius 3 is 2.17 bits per heavy atom. The van der Waals surface area contributed by atoms with Crippen LogP contribution in [-0.4, -0.2) is 165 Å². The number of likely N-dealkylation sites (tertiary alicyclic amines) is 1. The molecule has 10 rings (SSSR count). The number of amides is 1. The number of benzene rings is 2. The smallest absolute Gasteiger partial charge is 0.341 e. The minimum absolute atomic E-state index is 0.0195. The molecular weight excluding hydrogens is 1080 g/mol. The Kier molecular flexibility index (Phi) is 16.5. The number of rotatable bonds is 7. The summed E-state index contributed by atoms with van der Waals surface area (Å²) in [6, 6.07) is -1.82. The molecule has 1 saturated carbocycles. The number of fused-ring (bicyclic) bond motifs is 15. The molecule has 22 nitrogen and oxygen atoms in total. The average molecular weight is 1140 g/mol. The summed E-state index contributed by atoms with van der Waals surface area (Å²) < 4.78 is 41.2.